The van der Waals surface area contributed by atoms with E-state index in [1.54, 1.807) is 0 Å². The Morgan fingerprint density at radius 2 is 2.13 bits per heavy atom. The lowest BCUT2D eigenvalue weighted by molar-refractivity contribution is 0.0963. The molecule has 1 nitrogen and oxygen atoms in total. The SMILES string of the molecule is CCC(C)CC(=O)c1ccc(Br)cc1C. The number of Topliss-reactive ketones (excluding diaryl/α,β-unsaturated/α-hetero) is 1. The summed E-state index contributed by atoms with van der Waals surface area (Å²) in [4.78, 5) is 11.9. The fraction of sp³-hybridized carbons (Fsp3) is 0.462. The molecule has 1 aromatic carbocycles. The molecule has 0 bridgehead atoms. The largest absolute Gasteiger partial charge is 0.294 e. The van der Waals surface area contributed by atoms with Crippen LogP contribution in [0.3, 0.4) is 0 Å². The third-order valence-corrected chi connectivity index (χ3v) is 3.21. The van der Waals surface area contributed by atoms with Gasteiger partial charge in [0.2, 0.25) is 0 Å². The van der Waals surface area contributed by atoms with Gasteiger partial charge >= 0.3 is 0 Å². The van der Waals surface area contributed by atoms with Gasteiger partial charge in [-0.3, -0.25) is 4.79 Å². The first-order chi connectivity index (χ1) is 7.04. The van der Waals surface area contributed by atoms with Crippen molar-refractivity contribution in [3.05, 3.63) is 33.8 Å². The minimum Gasteiger partial charge on any atom is -0.294 e. The van der Waals surface area contributed by atoms with Gasteiger partial charge in [-0.25, -0.2) is 0 Å². The summed E-state index contributed by atoms with van der Waals surface area (Å²) in [5.41, 5.74) is 1.91. The molecule has 0 saturated carbocycles. The first-order valence-corrected chi connectivity index (χ1v) is 6.13. The maximum Gasteiger partial charge on any atom is 0.163 e. The van der Waals surface area contributed by atoms with E-state index in [1.807, 2.05) is 25.1 Å². The Balaban J connectivity index is 2.82. The van der Waals surface area contributed by atoms with E-state index in [2.05, 4.69) is 29.8 Å². The van der Waals surface area contributed by atoms with Crippen molar-refractivity contribution in [3.63, 3.8) is 0 Å². The predicted octanol–water partition coefficient (Wildman–Crippen LogP) is 4.38. The third kappa shape index (κ3) is 3.45. The Morgan fingerprint density at radius 3 is 2.67 bits per heavy atom. The lowest BCUT2D eigenvalue weighted by atomic mass is 9.95. The number of ketones is 1. The minimum atomic E-state index is 0.259. The van der Waals surface area contributed by atoms with E-state index in [0.29, 0.717) is 12.3 Å². The molecule has 0 aliphatic rings. The summed E-state index contributed by atoms with van der Waals surface area (Å²) in [7, 11) is 0. The molecule has 0 spiro atoms. The van der Waals surface area contributed by atoms with Crippen molar-refractivity contribution < 1.29 is 4.79 Å². The molecule has 1 unspecified atom stereocenters. The van der Waals surface area contributed by atoms with Gasteiger partial charge < -0.3 is 0 Å². The average molecular weight is 269 g/mol. The molecule has 2 heteroatoms. The molecule has 0 amide bonds. The van der Waals surface area contributed by atoms with Gasteiger partial charge in [0.05, 0.1) is 0 Å². The summed E-state index contributed by atoms with van der Waals surface area (Å²) in [6.45, 7) is 6.22. The van der Waals surface area contributed by atoms with Crippen molar-refractivity contribution in [1.82, 2.24) is 0 Å². The Hall–Kier alpha value is -0.630. The van der Waals surface area contributed by atoms with E-state index in [-0.39, 0.29) is 5.78 Å². The van der Waals surface area contributed by atoms with Crippen LogP contribution in [-0.4, -0.2) is 5.78 Å². The summed E-state index contributed by atoms with van der Waals surface area (Å²) in [5.74, 6) is 0.731. The van der Waals surface area contributed by atoms with Crippen molar-refractivity contribution in [2.45, 2.75) is 33.6 Å². The fourth-order valence-corrected chi connectivity index (χ4v) is 1.99. The monoisotopic (exact) mass is 268 g/mol. The highest BCUT2D eigenvalue weighted by atomic mass is 79.9. The van der Waals surface area contributed by atoms with Crippen LogP contribution in [-0.2, 0) is 0 Å². The van der Waals surface area contributed by atoms with Gasteiger partial charge in [0.1, 0.15) is 0 Å². The van der Waals surface area contributed by atoms with Gasteiger partial charge in [-0.15, -0.1) is 0 Å². The second-order valence-corrected chi connectivity index (χ2v) is 5.02. The zero-order valence-electron chi connectivity index (χ0n) is 9.51. The van der Waals surface area contributed by atoms with Gasteiger partial charge in [-0.1, -0.05) is 42.3 Å². The normalized spacial score (nSPS) is 12.5. The van der Waals surface area contributed by atoms with Crippen LogP contribution in [0.1, 0.15) is 42.6 Å². The van der Waals surface area contributed by atoms with Crippen LogP contribution >= 0.6 is 15.9 Å². The molecular formula is C13H17BrO. The van der Waals surface area contributed by atoms with E-state index >= 15 is 0 Å². The average Bonchev–Trinajstić information content (AvgIpc) is 2.17. The summed E-state index contributed by atoms with van der Waals surface area (Å²) in [5, 5.41) is 0. The number of rotatable bonds is 4. The number of halogens is 1. The Bertz CT molecular complexity index is 358. The number of benzene rings is 1. The first-order valence-electron chi connectivity index (χ1n) is 5.34. The molecule has 0 fully saturated rings. The zero-order chi connectivity index (χ0) is 11.4. The highest BCUT2D eigenvalue weighted by Gasteiger charge is 2.12. The third-order valence-electron chi connectivity index (χ3n) is 2.72. The molecule has 15 heavy (non-hydrogen) atoms. The van der Waals surface area contributed by atoms with Crippen LogP contribution in [0.5, 0.6) is 0 Å². The highest BCUT2D eigenvalue weighted by molar-refractivity contribution is 9.10. The quantitative estimate of drug-likeness (QED) is 0.741. The number of carbonyl (C=O) groups excluding carboxylic acids is 1. The Kier molecular flexibility index (Phi) is 4.52. The molecule has 0 N–H and O–H groups in total. The zero-order valence-corrected chi connectivity index (χ0v) is 11.1. The maximum atomic E-state index is 11.9. The van der Waals surface area contributed by atoms with Gasteiger partial charge in [0.15, 0.2) is 5.78 Å². The van der Waals surface area contributed by atoms with E-state index in [4.69, 9.17) is 0 Å². The molecule has 0 aliphatic carbocycles. The second-order valence-electron chi connectivity index (χ2n) is 4.10. The number of carbonyl (C=O) groups is 1. The fourth-order valence-electron chi connectivity index (χ4n) is 1.51. The van der Waals surface area contributed by atoms with Gasteiger partial charge in [0.25, 0.3) is 0 Å². The maximum absolute atomic E-state index is 11.9. The highest BCUT2D eigenvalue weighted by Crippen LogP contribution is 2.19. The van der Waals surface area contributed by atoms with E-state index < -0.39 is 0 Å². The van der Waals surface area contributed by atoms with Crippen LogP contribution in [0, 0.1) is 12.8 Å². The smallest absolute Gasteiger partial charge is 0.163 e. The van der Waals surface area contributed by atoms with Crippen molar-refractivity contribution >= 4 is 21.7 Å². The van der Waals surface area contributed by atoms with Crippen LogP contribution in [0.2, 0.25) is 0 Å². The number of aryl methyl sites for hydroxylation is 1. The van der Waals surface area contributed by atoms with Crippen molar-refractivity contribution in [2.24, 2.45) is 5.92 Å². The Morgan fingerprint density at radius 1 is 1.47 bits per heavy atom. The molecule has 0 aliphatic heterocycles. The van der Waals surface area contributed by atoms with Crippen molar-refractivity contribution in [2.75, 3.05) is 0 Å². The molecule has 0 radical (unpaired) electrons. The topological polar surface area (TPSA) is 17.1 Å². The Labute approximate surface area is 100 Å². The summed E-state index contributed by atoms with van der Waals surface area (Å²) in [6, 6.07) is 5.82. The number of hydrogen-bond donors (Lipinski definition) is 0. The van der Waals surface area contributed by atoms with Crippen LogP contribution in [0.25, 0.3) is 0 Å². The predicted molar refractivity (Wildman–Crippen MR) is 67.3 cm³/mol. The standard InChI is InChI=1S/C13H17BrO/c1-4-9(2)7-13(15)12-6-5-11(14)8-10(12)3/h5-6,8-9H,4,7H2,1-3H3. The van der Waals surface area contributed by atoms with Gasteiger partial charge in [-0.05, 0) is 30.5 Å². The molecule has 1 rings (SSSR count). The summed E-state index contributed by atoms with van der Waals surface area (Å²) < 4.78 is 1.03. The van der Waals surface area contributed by atoms with E-state index in [0.717, 1.165) is 22.0 Å². The van der Waals surface area contributed by atoms with Crippen LogP contribution in [0.4, 0.5) is 0 Å². The molecule has 0 heterocycles. The molecule has 1 aromatic rings. The van der Waals surface area contributed by atoms with E-state index in [9.17, 15) is 4.79 Å². The van der Waals surface area contributed by atoms with Gasteiger partial charge in [0, 0.05) is 16.5 Å². The van der Waals surface area contributed by atoms with Crippen LogP contribution < -0.4 is 0 Å². The summed E-state index contributed by atoms with van der Waals surface area (Å²) in [6.07, 6.45) is 1.71. The summed E-state index contributed by atoms with van der Waals surface area (Å²) >= 11 is 3.40. The van der Waals surface area contributed by atoms with Crippen molar-refractivity contribution in [1.29, 1.82) is 0 Å². The molecule has 0 aromatic heterocycles. The molecule has 0 saturated heterocycles. The minimum absolute atomic E-state index is 0.259. The first kappa shape index (κ1) is 12.4. The van der Waals surface area contributed by atoms with Crippen LogP contribution in [0.15, 0.2) is 22.7 Å². The number of hydrogen-bond acceptors (Lipinski definition) is 1. The van der Waals surface area contributed by atoms with Crippen molar-refractivity contribution in [3.8, 4) is 0 Å². The molecule has 82 valence electrons. The second kappa shape index (κ2) is 5.45. The lowest BCUT2D eigenvalue weighted by Crippen LogP contribution is -2.06. The molecule has 1 atom stereocenters. The lowest BCUT2D eigenvalue weighted by Gasteiger charge is -2.09. The molecular weight excluding hydrogens is 252 g/mol. The van der Waals surface area contributed by atoms with E-state index in [1.165, 1.54) is 0 Å². The van der Waals surface area contributed by atoms with Gasteiger partial charge in [-0.2, -0.15) is 0 Å².